The first kappa shape index (κ1) is 16.5. The fraction of sp³-hybridized carbons (Fsp3) is 0.211. The molecule has 0 unspecified atom stereocenters. The Balaban J connectivity index is 1.82. The van der Waals surface area contributed by atoms with Gasteiger partial charge in [0.15, 0.2) is 0 Å². The van der Waals surface area contributed by atoms with Crippen LogP contribution in [0.25, 0.3) is 0 Å². The molecule has 2 amide bonds. The van der Waals surface area contributed by atoms with Crippen molar-refractivity contribution in [2.24, 2.45) is 11.7 Å². The number of aryl methyl sites for hydroxylation is 1. The highest BCUT2D eigenvalue weighted by molar-refractivity contribution is 8.04. The number of nitriles is 1. The van der Waals surface area contributed by atoms with Gasteiger partial charge in [-0.15, -0.1) is 0 Å². The predicted octanol–water partition coefficient (Wildman–Crippen LogP) is 2.67. The molecule has 2 aliphatic rings. The lowest BCUT2D eigenvalue weighted by Crippen LogP contribution is -2.33. The molecular formula is C19H15N3O3S. The van der Waals surface area contributed by atoms with Gasteiger partial charge in [0.1, 0.15) is 11.0 Å². The average Bonchev–Trinajstić information content (AvgIpc) is 3.23. The van der Waals surface area contributed by atoms with Crippen LogP contribution in [0.1, 0.15) is 17.2 Å². The van der Waals surface area contributed by atoms with E-state index in [1.807, 2.05) is 19.1 Å². The van der Waals surface area contributed by atoms with Crippen LogP contribution in [-0.4, -0.2) is 17.1 Å². The van der Waals surface area contributed by atoms with Crippen LogP contribution in [0.5, 0.6) is 0 Å². The quantitative estimate of drug-likeness (QED) is 0.821. The lowest BCUT2D eigenvalue weighted by atomic mass is 9.82. The first-order valence-corrected chi connectivity index (χ1v) is 8.95. The van der Waals surface area contributed by atoms with Crippen LogP contribution in [0.15, 0.2) is 57.7 Å². The Morgan fingerprint density at radius 3 is 2.54 bits per heavy atom. The van der Waals surface area contributed by atoms with Gasteiger partial charge in [-0.25, -0.2) is 4.90 Å². The molecule has 26 heavy (non-hydrogen) atoms. The van der Waals surface area contributed by atoms with Crippen LogP contribution in [-0.2, 0) is 9.59 Å². The van der Waals surface area contributed by atoms with E-state index in [2.05, 4.69) is 6.07 Å². The molecule has 130 valence electrons. The van der Waals surface area contributed by atoms with E-state index >= 15 is 0 Å². The molecule has 6 nitrogen and oxygen atoms in total. The van der Waals surface area contributed by atoms with Gasteiger partial charge in [0.2, 0.25) is 11.8 Å². The SMILES string of the molecule is Cc1ccc(N2C(=O)[C@@H]3[C@@H](c4ccco4)C(C#N)=C(N)S[C@H]3C2=O)cc1. The Morgan fingerprint density at radius 1 is 1.19 bits per heavy atom. The number of carbonyl (C=O) groups is 2. The summed E-state index contributed by atoms with van der Waals surface area (Å²) in [6.45, 7) is 1.93. The second-order valence-corrected chi connectivity index (χ2v) is 7.48. The molecule has 2 aromatic rings. The molecule has 3 heterocycles. The molecule has 2 N–H and O–H groups in total. The maximum Gasteiger partial charge on any atom is 0.248 e. The van der Waals surface area contributed by atoms with Gasteiger partial charge in [-0.05, 0) is 31.2 Å². The smallest absolute Gasteiger partial charge is 0.248 e. The lowest BCUT2D eigenvalue weighted by molar-refractivity contribution is -0.122. The zero-order valence-corrected chi connectivity index (χ0v) is 14.7. The number of amides is 2. The molecule has 1 aromatic carbocycles. The number of allylic oxidation sites excluding steroid dienone is 1. The molecule has 0 bridgehead atoms. The number of nitrogens with two attached hydrogens (primary N) is 1. The Kier molecular flexibility index (Phi) is 3.85. The number of hydrogen-bond donors (Lipinski definition) is 1. The zero-order chi connectivity index (χ0) is 18.4. The van der Waals surface area contributed by atoms with Gasteiger partial charge < -0.3 is 10.2 Å². The summed E-state index contributed by atoms with van der Waals surface area (Å²) in [5, 5.41) is 9.16. The number of benzene rings is 1. The number of thioether (sulfide) groups is 1. The molecule has 1 fully saturated rings. The van der Waals surface area contributed by atoms with Gasteiger partial charge in [0.05, 0.1) is 40.5 Å². The van der Waals surface area contributed by atoms with Crippen molar-refractivity contribution in [3.05, 3.63) is 64.6 Å². The fourth-order valence-electron chi connectivity index (χ4n) is 3.50. The van der Waals surface area contributed by atoms with E-state index < -0.39 is 17.1 Å². The molecule has 0 radical (unpaired) electrons. The number of furan rings is 1. The first-order chi connectivity index (χ1) is 12.5. The van der Waals surface area contributed by atoms with Gasteiger partial charge >= 0.3 is 0 Å². The van der Waals surface area contributed by atoms with Gasteiger partial charge in [-0.2, -0.15) is 5.26 Å². The summed E-state index contributed by atoms with van der Waals surface area (Å²) in [7, 11) is 0. The molecule has 1 aromatic heterocycles. The predicted molar refractivity (Wildman–Crippen MR) is 96.8 cm³/mol. The zero-order valence-electron chi connectivity index (χ0n) is 13.9. The van der Waals surface area contributed by atoms with Gasteiger partial charge in [-0.1, -0.05) is 29.5 Å². The van der Waals surface area contributed by atoms with Crippen molar-refractivity contribution in [3.8, 4) is 6.07 Å². The number of rotatable bonds is 2. The number of anilines is 1. The molecular weight excluding hydrogens is 350 g/mol. The largest absolute Gasteiger partial charge is 0.469 e. The van der Waals surface area contributed by atoms with Crippen molar-refractivity contribution in [1.29, 1.82) is 5.26 Å². The van der Waals surface area contributed by atoms with Crippen molar-refractivity contribution < 1.29 is 14.0 Å². The van der Waals surface area contributed by atoms with Crippen LogP contribution in [0, 0.1) is 24.2 Å². The normalized spacial score (nSPS) is 25.4. The average molecular weight is 365 g/mol. The summed E-state index contributed by atoms with van der Waals surface area (Å²) in [5.74, 6) is -1.56. The van der Waals surface area contributed by atoms with Crippen LogP contribution >= 0.6 is 11.8 Å². The van der Waals surface area contributed by atoms with Crippen LogP contribution < -0.4 is 10.6 Å². The van der Waals surface area contributed by atoms with E-state index in [9.17, 15) is 14.9 Å². The lowest BCUT2D eigenvalue weighted by Gasteiger charge is -2.28. The summed E-state index contributed by atoms with van der Waals surface area (Å²) < 4.78 is 5.47. The molecule has 0 saturated carbocycles. The van der Waals surface area contributed by atoms with Crippen molar-refractivity contribution in [3.63, 3.8) is 0 Å². The van der Waals surface area contributed by atoms with E-state index in [1.165, 1.54) is 11.2 Å². The van der Waals surface area contributed by atoms with Crippen LogP contribution in [0.3, 0.4) is 0 Å². The summed E-state index contributed by atoms with van der Waals surface area (Å²) in [6.07, 6.45) is 1.48. The van der Waals surface area contributed by atoms with Crippen LogP contribution in [0.2, 0.25) is 0 Å². The summed E-state index contributed by atoms with van der Waals surface area (Å²) >= 11 is 1.09. The number of fused-ring (bicyclic) bond motifs is 1. The second kappa shape index (κ2) is 6.07. The topological polar surface area (TPSA) is 100 Å². The standard InChI is InChI=1S/C19H15N3O3S/c1-10-4-6-11(7-5-10)22-18(23)15-14(13-3-2-8-25-13)12(9-20)17(21)26-16(15)19(22)24/h2-8,14-16H,21H2,1H3/t14-,15-,16-/m1/s1. The molecule has 4 rings (SSSR count). The Hall–Kier alpha value is -2.98. The summed E-state index contributed by atoms with van der Waals surface area (Å²) in [5.41, 5.74) is 7.88. The molecule has 0 aliphatic carbocycles. The van der Waals surface area contributed by atoms with Crippen molar-refractivity contribution in [1.82, 2.24) is 0 Å². The minimum Gasteiger partial charge on any atom is -0.469 e. The second-order valence-electron chi connectivity index (χ2n) is 6.29. The molecule has 1 saturated heterocycles. The molecule has 7 heteroatoms. The van der Waals surface area contributed by atoms with E-state index in [0.29, 0.717) is 11.4 Å². The molecule has 0 spiro atoms. The Bertz CT molecular complexity index is 957. The van der Waals surface area contributed by atoms with Crippen molar-refractivity contribution in [2.45, 2.75) is 18.1 Å². The van der Waals surface area contributed by atoms with E-state index in [4.69, 9.17) is 10.2 Å². The highest BCUT2D eigenvalue weighted by Gasteiger charge is 2.56. The summed E-state index contributed by atoms with van der Waals surface area (Å²) in [4.78, 5) is 27.4. The minimum absolute atomic E-state index is 0.266. The van der Waals surface area contributed by atoms with Crippen LogP contribution in [0.4, 0.5) is 5.69 Å². The highest BCUT2D eigenvalue weighted by Crippen LogP contribution is 2.50. The Morgan fingerprint density at radius 2 is 1.92 bits per heavy atom. The third-order valence-electron chi connectivity index (χ3n) is 4.75. The van der Waals surface area contributed by atoms with E-state index in [1.54, 1.807) is 24.3 Å². The highest BCUT2D eigenvalue weighted by atomic mass is 32.2. The third kappa shape index (κ3) is 2.34. The van der Waals surface area contributed by atoms with Gasteiger partial charge in [-0.3, -0.25) is 9.59 Å². The number of carbonyl (C=O) groups excluding carboxylic acids is 2. The van der Waals surface area contributed by atoms with Crippen molar-refractivity contribution in [2.75, 3.05) is 4.90 Å². The fourth-order valence-corrected chi connectivity index (χ4v) is 4.70. The number of nitrogens with zero attached hydrogens (tertiary/aromatic N) is 2. The third-order valence-corrected chi connectivity index (χ3v) is 5.97. The first-order valence-electron chi connectivity index (χ1n) is 8.07. The monoisotopic (exact) mass is 365 g/mol. The van der Waals surface area contributed by atoms with E-state index in [-0.39, 0.29) is 22.4 Å². The number of hydrogen-bond acceptors (Lipinski definition) is 6. The minimum atomic E-state index is -0.720. The van der Waals surface area contributed by atoms with Gasteiger partial charge in [0, 0.05) is 0 Å². The maximum absolute atomic E-state index is 13.2. The van der Waals surface area contributed by atoms with E-state index in [0.717, 1.165) is 17.3 Å². The van der Waals surface area contributed by atoms with Gasteiger partial charge in [0.25, 0.3) is 0 Å². The van der Waals surface area contributed by atoms with Crippen molar-refractivity contribution >= 4 is 29.3 Å². The maximum atomic E-state index is 13.2. The Labute approximate surface area is 154 Å². The number of imide groups is 1. The molecule has 3 atom stereocenters. The summed E-state index contributed by atoms with van der Waals surface area (Å²) in [6, 6.07) is 12.7. The molecule has 2 aliphatic heterocycles.